The normalized spacial score (nSPS) is 11.2. The number of hydrogen-bond donors (Lipinski definition) is 1. The van der Waals surface area contributed by atoms with Crippen LogP contribution in [-0.2, 0) is 0 Å². The average molecular weight is 236 g/mol. The zero-order valence-electron chi connectivity index (χ0n) is 11.8. The second-order valence-corrected chi connectivity index (χ2v) is 5.30. The van der Waals surface area contributed by atoms with E-state index in [-0.39, 0.29) is 0 Å². The van der Waals surface area contributed by atoms with Crippen LogP contribution in [0.5, 0.6) is 5.75 Å². The fourth-order valence-electron chi connectivity index (χ4n) is 1.70. The smallest absolute Gasteiger partial charge is 0.137 e. The molecule has 0 spiro atoms. The number of hydrogen-bond acceptors (Lipinski definition) is 1. The molecule has 0 aliphatic rings. The molecule has 0 saturated heterocycles. The molecule has 17 heavy (non-hydrogen) atoms. The highest BCUT2D eigenvalue weighted by Gasteiger charge is 2.05. The van der Waals surface area contributed by atoms with Gasteiger partial charge in [-0.05, 0) is 43.9 Å². The van der Waals surface area contributed by atoms with Gasteiger partial charge in [-0.15, -0.1) is 0 Å². The first kappa shape index (κ1) is 14.0. The van der Waals surface area contributed by atoms with Crippen LogP contribution in [0.2, 0.25) is 0 Å². The molecule has 2 nitrogen and oxygen atoms in total. The lowest BCUT2D eigenvalue weighted by Crippen LogP contribution is -2.89. The molecule has 1 aromatic carbocycles. The minimum absolute atomic E-state index is 0.556. The van der Waals surface area contributed by atoms with Crippen LogP contribution in [0, 0.1) is 6.92 Å². The summed E-state index contributed by atoms with van der Waals surface area (Å²) in [5.74, 6) is 1.59. The van der Waals surface area contributed by atoms with Crippen LogP contribution < -0.4 is 10.1 Å². The predicted molar refractivity (Wildman–Crippen MR) is 72.7 cm³/mol. The van der Waals surface area contributed by atoms with Crippen molar-refractivity contribution in [2.45, 2.75) is 46.6 Å². The van der Waals surface area contributed by atoms with Gasteiger partial charge >= 0.3 is 0 Å². The SMILES string of the molecule is Cc1ccc(C(C)C)cc1OCC[NH2+]C(C)C. The molecule has 0 heterocycles. The van der Waals surface area contributed by atoms with Crippen LogP contribution in [0.25, 0.3) is 0 Å². The Hall–Kier alpha value is -1.02. The largest absolute Gasteiger partial charge is 0.487 e. The second-order valence-electron chi connectivity index (χ2n) is 5.30. The monoisotopic (exact) mass is 236 g/mol. The van der Waals surface area contributed by atoms with Crippen molar-refractivity contribution in [2.75, 3.05) is 13.2 Å². The third kappa shape index (κ3) is 4.78. The summed E-state index contributed by atoms with van der Waals surface area (Å²) < 4.78 is 5.85. The van der Waals surface area contributed by atoms with Crippen molar-refractivity contribution in [1.82, 2.24) is 0 Å². The number of benzene rings is 1. The average Bonchev–Trinajstić information content (AvgIpc) is 2.25. The van der Waals surface area contributed by atoms with Gasteiger partial charge in [-0.3, -0.25) is 0 Å². The fraction of sp³-hybridized carbons (Fsp3) is 0.600. The maximum atomic E-state index is 5.85. The molecule has 0 radical (unpaired) electrons. The first-order chi connectivity index (χ1) is 8.00. The van der Waals surface area contributed by atoms with E-state index in [1.54, 1.807) is 0 Å². The second kappa shape index (κ2) is 6.65. The highest BCUT2D eigenvalue weighted by Crippen LogP contribution is 2.23. The van der Waals surface area contributed by atoms with Gasteiger partial charge in [0.15, 0.2) is 0 Å². The molecule has 2 N–H and O–H groups in total. The summed E-state index contributed by atoms with van der Waals surface area (Å²) in [6, 6.07) is 7.15. The Morgan fingerprint density at radius 3 is 2.47 bits per heavy atom. The van der Waals surface area contributed by atoms with Crippen molar-refractivity contribution in [3.63, 3.8) is 0 Å². The van der Waals surface area contributed by atoms with Crippen molar-refractivity contribution in [1.29, 1.82) is 0 Å². The van der Waals surface area contributed by atoms with Gasteiger partial charge in [-0.2, -0.15) is 0 Å². The van der Waals surface area contributed by atoms with E-state index in [0.717, 1.165) is 18.9 Å². The predicted octanol–water partition coefficient (Wildman–Crippen LogP) is 2.47. The molecule has 0 aliphatic heterocycles. The van der Waals surface area contributed by atoms with Crippen LogP contribution in [0.4, 0.5) is 0 Å². The van der Waals surface area contributed by atoms with Gasteiger partial charge in [0.05, 0.1) is 6.04 Å². The first-order valence-corrected chi connectivity index (χ1v) is 6.57. The van der Waals surface area contributed by atoms with Gasteiger partial charge in [0.25, 0.3) is 0 Å². The topological polar surface area (TPSA) is 25.8 Å². The molecule has 0 aromatic heterocycles. The number of ether oxygens (including phenoxy) is 1. The third-order valence-corrected chi connectivity index (χ3v) is 2.89. The zero-order chi connectivity index (χ0) is 12.8. The van der Waals surface area contributed by atoms with Crippen molar-refractivity contribution in [3.05, 3.63) is 29.3 Å². The van der Waals surface area contributed by atoms with E-state index in [1.165, 1.54) is 11.1 Å². The summed E-state index contributed by atoms with van der Waals surface area (Å²) in [5, 5.41) is 2.29. The van der Waals surface area contributed by atoms with E-state index in [4.69, 9.17) is 4.74 Å². The Morgan fingerprint density at radius 2 is 1.88 bits per heavy atom. The van der Waals surface area contributed by atoms with Crippen molar-refractivity contribution < 1.29 is 10.1 Å². The molecule has 0 amide bonds. The third-order valence-electron chi connectivity index (χ3n) is 2.89. The number of aryl methyl sites for hydroxylation is 1. The molecular weight excluding hydrogens is 210 g/mol. The Bertz CT molecular complexity index is 345. The zero-order valence-corrected chi connectivity index (χ0v) is 11.8. The lowest BCUT2D eigenvalue weighted by molar-refractivity contribution is -0.683. The van der Waals surface area contributed by atoms with Crippen molar-refractivity contribution >= 4 is 0 Å². The van der Waals surface area contributed by atoms with E-state index >= 15 is 0 Å². The number of quaternary nitrogens is 1. The van der Waals surface area contributed by atoms with Gasteiger partial charge < -0.3 is 10.1 Å². The fourth-order valence-corrected chi connectivity index (χ4v) is 1.70. The number of rotatable bonds is 6. The molecule has 1 aromatic rings. The van der Waals surface area contributed by atoms with Gasteiger partial charge in [-0.25, -0.2) is 0 Å². The van der Waals surface area contributed by atoms with Crippen LogP contribution in [0.1, 0.15) is 44.7 Å². The van der Waals surface area contributed by atoms with Crippen LogP contribution >= 0.6 is 0 Å². The highest BCUT2D eigenvalue weighted by atomic mass is 16.5. The maximum absolute atomic E-state index is 5.85. The van der Waals surface area contributed by atoms with Crippen molar-refractivity contribution in [3.8, 4) is 5.75 Å². The standard InChI is InChI=1S/C15H25NO/c1-11(2)14-7-6-13(5)15(10-14)17-9-8-16-12(3)4/h6-7,10-12,16H,8-9H2,1-5H3/p+1. The molecule has 0 bridgehead atoms. The Kier molecular flexibility index (Phi) is 5.49. The summed E-state index contributed by atoms with van der Waals surface area (Å²) >= 11 is 0. The maximum Gasteiger partial charge on any atom is 0.137 e. The molecule has 1 rings (SSSR count). The van der Waals surface area contributed by atoms with E-state index in [1.807, 2.05) is 0 Å². The Morgan fingerprint density at radius 1 is 1.18 bits per heavy atom. The lowest BCUT2D eigenvalue weighted by Gasteiger charge is -2.13. The molecule has 0 aliphatic carbocycles. The molecule has 0 unspecified atom stereocenters. The van der Waals surface area contributed by atoms with Gasteiger partial charge in [0, 0.05) is 0 Å². The quantitative estimate of drug-likeness (QED) is 0.754. The van der Waals surface area contributed by atoms with Gasteiger partial charge in [-0.1, -0.05) is 26.0 Å². The Balaban J connectivity index is 2.54. The highest BCUT2D eigenvalue weighted by molar-refractivity contribution is 5.37. The molecule has 96 valence electrons. The van der Waals surface area contributed by atoms with Crippen LogP contribution in [0.15, 0.2) is 18.2 Å². The van der Waals surface area contributed by atoms with Crippen LogP contribution in [0.3, 0.4) is 0 Å². The van der Waals surface area contributed by atoms with E-state index < -0.39 is 0 Å². The molecule has 0 fully saturated rings. The van der Waals surface area contributed by atoms with E-state index in [2.05, 4.69) is 58.1 Å². The van der Waals surface area contributed by atoms with E-state index in [9.17, 15) is 0 Å². The summed E-state index contributed by atoms with van der Waals surface area (Å²) in [4.78, 5) is 0. The minimum Gasteiger partial charge on any atom is -0.487 e. The Labute approximate surface area is 105 Å². The van der Waals surface area contributed by atoms with Crippen molar-refractivity contribution in [2.24, 2.45) is 0 Å². The number of nitrogens with two attached hydrogens (primary N) is 1. The molecule has 0 saturated carbocycles. The molecular formula is C15H26NO+. The summed E-state index contributed by atoms with van der Waals surface area (Å²) in [7, 11) is 0. The van der Waals surface area contributed by atoms with Gasteiger partial charge in [0.1, 0.15) is 18.9 Å². The summed E-state index contributed by atoms with van der Waals surface area (Å²) in [6.45, 7) is 12.7. The first-order valence-electron chi connectivity index (χ1n) is 6.57. The minimum atomic E-state index is 0.556. The summed E-state index contributed by atoms with van der Waals surface area (Å²) in [6.07, 6.45) is 0. The molecule has 0 atom stereocenters. The van der Waals surface area contributed by atoms with Gasteiger partial charge in [0.2, 0.25) is 0 Å². The van der Waals surface area contributed by atoms with Crippen LogP contribution in [-0.4, -0.2) is 19.2 Å². The molecule has 2 heteroatoms. The summed E-state index contributed by atoms with van der Waals surface area (Å²) in [5.41, 5.74) is 2.57. The van der Waals surface area contributed by atoms with E-state index in [0.29, 0.717) is 12.0 Å². The lowest BCUT2D eigenvalue weighted by atomic mass is 10.0.